The van der Waals surface area contributed by atoms with E-state index in [4.69, 9.17) is 14.2 Å². The molecule has 226 valence electrons. The summed E-state index contributed by atoms with van der Waals surface area (Å²) in [6.07, 6.45) is 4.59. The molecule has 43 heavy (non-hydrogen) atoms. The Labute approximate surface area is 262 Å². The minimum Gasteiger partial charge on any atom is -0.458 e. The molecular weight excluding hydrogens is 687 g/mol. The summed E-state index contributed by atoms with van der Waals surface area (Å²) >= 11 is 2.11. The van der Waals surface area contributed by atoms with E-state index in [1.165, 1.54) is 18.6 Å². The smallest absolute Gasteiger partial charge is 0.338 e. The molecule has 0 spiro atoms. The third-order valence-electron chi connectivity index (χ3n) is 11.2. The van der Waals surface area contributed by atoms with Gasteiger partial charge in [-0.25, -0.2) is 4.79 Å². The third kappa shape index (κ3) is 4.55. The summed E-state index contributed by atoms with van der Waals surface area (Å²) in [5.74, 6) is -1.67. The Morgan fingerprint density at radius 1 is 0.907 bits per heavy atom. The lowest BCUT2D eigenvalue weighted by atomic mass is 9.51. The van der Waals surface area contributed by atoms with Crippen LogP contribution in [0.5, 0.6) is 5.75 Å². The molecule has 6 unspecified atom stereocenters. The first-order chi connectivity index (χ1) is 20.5. The number of hydrogen-bond acceptors (Lipinski definition) is 8. The van der Waals surface area contributed by atoms with Crippen LogP contribution < -0.4 is 4.74 Å². The second kappa shape index (κ2) is 10.00. The fraction of sp³-hybridized carbons (Fsp3) is 0.531. The fourth-order valence-electron chi connectivity index (χ4n) is 9.98. The molecule has 6 bridgehead atoms. The number of benzene rings is 2. The maximum absolute atomic E-state index is 13.8. The summed E-state index contributed by atoms with van der Waals surface area (Å²) in [4.78, 5) is 39.5. The summed E-state index contributed by atoms with van der Waals surface area (Å²) in [6.45, 7) is 0. The number of hydrogen-bond donors (Lipinski definition) is 1. The molecule has 0 radical (unpaired) electrons. The predicted octanol–water partition coefficient (Wildman–Crippen LogP) is 5.02. The number of esters is 3. The van der Waals surface area contributed by atoms with Crippen molar-refractivity contribution in [2.75, 3.05) is 0 Å². The van der Waals surface area contributed by atoms with Crippen LogP contribution in [-0.4, -0.2) is 43.1 Å². The molecule has 9 nitrogen and oxygen atoms in total. The van der Waals surface area contributed by atoms with Gasteiger partial charge in [-0.1, -0.05) is 6.07 Å². The molecule has 7 aliphatic rings. The van der Waals surface area contributed by atoms with Gasteiger partial charge in [0.2, 0.25) is 0 Å². The molecule has 1 aliphatic heterocycles. The first kappa shape index (κ1) is 28.0. The molecule has 0 amide bonds. The fourth-order valence-corrected chi connectivity index (χ4v) is 11.3. The van der Waals surface area contributed by atoms with Gasteiger partial charge in [0.1, 0.15) is 18.0 Å². The van der Waals surface area contributed by atoms with Crippen LogP contribution in [-0.2, 0) is 29.2 Å². The second-order valence-corrected chi connectivity index (χ2v) is 16.1. The topological polar surface area (TPSA) is 133 Å². The van der Waals surface area contributed by atoms with E-state index >= 15 is 0 Å². The number of carbonyl (C=O) groups is 3. The van der Waals surface area contributed by atoms with Crippen molar-refractivity contribution in [3.05, 3.63) is 57.2 Å². The molecule has 2 aromatic carbocycles. The SMILES string of the molecule is O=C(OC1C2CC3C1OC(=O)C3C2C(=O)Oc1ccc(S(=O)(=O)O)c(C2C3CC4CC(C3)CC2C4)c1)c1cccc(I)c1. The van der Waals surface area contributed by atoms with Gasteiger partial charge in [-0.15, -0.1) is 0 Å². The van der Waals surface area contributed by atoms with E-state index in [0.29, 0.717) is 41.2 Å². The lowest BCUT2D eigenvalue weighted by Crippen LogP contribution is -2.44. The third-order valence-corrected chi connectivity index (χ3v) is 12.8. The van der Waals surface area contributed by atoms with Gasteiger partial charge in [0, 0.05) is 15.4 Å². The molecule has 6 saturated carbocycles. The van der Waals surface area contributed by atoms with E-state index < -0.39 is 58.0 Å². The van der Waals surface area contributed by atoms with Crippen molar-refractivity contribution in [3.8, 4) is 5.75 Å². The number of carbonyl (C=O) groups excluding carboxylic acids is 3. The van der Waals surface area contributed by atoms with Crippen LogP contribution >= 0.6 is 22.6 Å². The van der Waals surface area contributed by atoms with Crippen LogP contribution in [0.1, 0.15) is 60.4 Å². The Morgan fingerprint density at radius 2 is 1.63 bits per heavy atom. The van der Waals surface area contributed by atoms with Gasteiger partial charge in [-0.2, -0.15) is 8.42 Å². The summed E-state index contributed by atoms with van der Waals surface area (Å²) < 4.78 is 53.3. The molecule has 2 aromatic rings. The highest BCUT2D eigenvalue weighted by Crippen LogP contribution is 2.61. The average Bonchev–Trinajstić information content (AvgIpc) is 3.56. The van der Waals surface area contributed by atoms with Crippen molar-refractivity contribution in [3.63, 3.8) is 0 Å². The Balaban J connectivity index is 1.07. The van der Waals surface area contributed by atoms with Crippen LogP contribution in [0, 0.1) is 50.9 Å². The zero-order chi connectivity index (χ0) is 29.8. The van der Waals surface area contributed by atoms with Gasteiger partial charge >= 0.3 is 17.9 Å². The lowest BCUT2D eigenvalue weighted by Gasteiger charge is -2.54. The lowest BCUT2D eigenvalue weighted by molar-refractivity contribution is -0.149. The number of rotatable bonds is 6. The molecule has 6 aliphatic carbocycles. The van der Waals surface area contributed by atoms with Crippen molar-refractivity contribution >= 4 is 50.6 Å². The zero-order valence-electron chi connectivity index (χ0n) is 23.1. The minimum absolute atomic E-state index is 0.0266. The van der Waals surface area contributed by atoms with Crippen molar-refractivity contribution in [2.45, 2.75) is 61.5 Å². The Kier molecular flexibility index (Phi) is 6.51. The molecule has 1 heterocycles. The molecular formula is C32H31IO9S. The summed E-state index contributed by atoms with van der Waals surface area (Å²) in [5.41, 5.74) is 0.894. The average molecular weight is 719 g/mol. The largest absolute Gasteiger partial charge is 0.458 e. The molecule has 1 N–H and O–H groups in total. The molecule has 9 rings (SSSR count). The van der Waals surface area contributed by atoms with Crippen molar-refractivity contribution in [2.24, 2.45) is 47.3 Å². The van der Waals surface area contributed by atoms with E-state index in [1.54, 1.807) is 24.3 Å². The standard InChI is InChI=1S/C32H31IO9S/c33-19-3-1-2-16(11-19)30(34)41-28-22-13-23-27(32(36)42-29(23)28)26(22)31(35)40-20-4-5-24(43(37,38)39)21(12-20)25-17-7-14-6-15(9-17)10-18(25)8-14/h1-5,11-12,14-15,17-18,22-23,25-29H,6-10,13H2,(H,37,38,39). The Hall–Kier alpha value is -2.51. The normalized spacial score (nSPS) is 38.3. The maximum Gasteiger partial charge on any atom is 0.338 e. The Bertz CT molecular complexity index is 1630. The van der Waals surface area contributed by atoms with Gasteiger partial charge in [0.05, 0.1) is 22.3 Å². The highest BCUT2D eigenvalue weighted by molar-refractivity contribution is 14.1. The summed E-state index contributed by atoms with van der Waals surface area (Å²) in [5, 5.41) is 0. The van der Waals surface area contributed by atoms with Gasteiger partial charge in [0.25, 0.3) is 10.1 Å². The van der Waals surface area contributed by atoms with Crippen LogP contribution in [0.2, 0.25) is 0 Å². The van der Waals surface area contributed by atoms with E-state index in [9.17, 15) is 27.4 Å². The number of halogens is 1. The molecule has 1 saturated heterocycles. The second-order valence-electron chi connectivity index (χ2n) is 13.4. The van der Waals surface area contributed by atoms with Gasteiger partial charge in [-0.3, -0.25) is 14.1 Å². The van der Waals surface area contributed by atoms with E-state index in [0.717, 1.165) is 29.3 Å². The highest BCUT2D eigenvalue weighted by atomic mass is 127. The molecule has 0 aromatic heterocycles. The minimum atomic E-state index is -4.49. The van der Waals surface area contributed by atoms with Crippen molar-refractivity contribution < 1.29 is 41.6 Å². The highest BCUT2D eigenvalue weighted by Gasteiger charge is 2.70. The number of fused-ring (bicyclic) bond motifs is 1. The molecule has 7 fully saturated rings. The van der Waals surface area contributed by atoms with Gasteiger partial charge in [0.15, 0.2) is 0 Å². The van der Waals surface area contributed by atoms with E-state index in [1.807, 2.05) is 6.07 Å². The quantitative estimate of drug-likeness (QED) is 0.189. The van der Waals surface area contributed by atoms with Crippen LogP contribution in [0.25, 0.3) is 0 Å². The first-order valence-electron chi connectivity index (χ1n) is 15.1. The summed E-state index contributed by atoms with van der Waals surface area (Å²) in [7, 11) is -4.49. The molecule has 6 atom stereocenters. The van der Waals surface area contributed by atoms with Crippen LogP contribution in [0.15, 0.2) is 47.4 Å². The monoisotopic (exact) mass is 718 g/mol. The van der Waals surface area contributed by atoms with Gasteiger partial charge < -0.3 is 14.2 Å². The first-order valence-corrected chi connectivity index (χ1v) is 17.6. The van der Waals surface area contributed by atoms with E-state index in [-0.39, 0.29) is 22.5 Å². The van der Waals surface area contributed by atoms with Crippen LogP contribution in [0.3, 0.4) is 0 Å². The van der Waals surface area contributed by atoms with Crippen molar-refractivity contribution in [1.82, 2.24) is 0 Å². The maximum atomic E-state index is 13.8. The summed E-state index contributed by atoms with van der Waals surface area (Å²) in [6, 6.07) is 11.3. The van der Waals surface area contributed by atoms with E-state index in [2.05, 4.69) is 22.6 Å². The van der Waals surface area contributed by atoms with Gasteiger partial charge in [-0.05, 0) is 133 Å². The predicted molar refractivity (Wildman–Crippen MR) is 158 cm³/mol. The molecule has 11 heteroatoms. The number of ether oxygens (including phenoxy) is 3. The Morgan fingerprint density at radius 3 is 2.30 bits per heavy atom. The van der Waals surface area contributed by atoms with Crippen LogP contribution in [0.4, 0.5) is 0 Å². The zero-order valence-corrected chi connectivity index (χ0v) is 26.1. The van der Waals surface area contributed by atoms with Crippen molar-refractivity contribution in [1.29, 1.82) is 0 Å².